The van der Waals surface area contributed by atoms with Crippen molar-refractivity contribution >= 4 is 46.3 Å². The van der Waals surface area contributed by atoms with Crippen LogP contribution in [-0.2, 0) is 35.2 Å². The molecule has 1 aromatic heterocycles. The van der Waals surface area contributed by atoms with Crippen LogP contribution in [0.2, 0.25) is 0 Å². The standard InChI is InChI=1S/C39H62N6O8/c1-3-4-5-6-7-8-9-12-35(47)42-20-11-19-41-21-17-31(40)34(46)25-28(24-29-26-44-33-23-27(2)15-16-30(29)33)38(51)43-22-18-32(39(52)53)45-36(48)13-10-14-37(49)50/h15-16,23,26,28,31-32,41,44H,3-14,17-22,24-25,40H2,1-2H3,(H,42,47)(H,43,51)(H,45,48)(H,49,50)(H,52,53)/t28-,31-,32-/m0/s1. The molecule has 296 valence electrons. The highest BCUT2D eigenvalue weighted by molar-refractivity contribution is 5.91. The first-order valence-electron chi connectivity index (χ1n) is 19.2. The summed E-state index contributed by atoms with van der Waals surface area (Å²) in [6.07, 6.45) is 11.4. The minimum atomic E-state index is -1.28. The van der Waals surface area contributed by atoms with Crippen LogP contribution in [0, 0.1) is 12.8 Å². The number of Topliss-reactive ketones (excluding diaryl/α,β-unsaturated/α-hetero) is 1. The van der Waals surface area contributed by atoms with Gasteiger partial charge in [-0.3, -0.25) is 24.0 Å². The van der Waals surface area contributed by atoms with Gasteiger partial charge in [-0.2, -0.15) is 0 Å². The number of carbonyl (C=O) groups is 6. The van der Waals surface area contributed by atoms with Gasteiger partial charge >= 0.3 is 11.9 Å². The lowest BCUT2D eigenvalue weighted by Gasteiger charge is -2.20. The first kappa shape index (κ1) is 44.9. The maximum atomic E-state index is 13.5. The quantitative estimate of drug-likeness (QED) is 0.0538. The summed E-state index contributed by atoms with van der Waals surface area (Å²) in [6.45, 7) is 5.83. The van der Waals surface area contributed by atoms with Crippen LogP contribution in [0.25, 0.3) is 10.9 Å². The topological polar surface area (TPSA) is 233 Å². The number of carbonyl (C=O) groups excluding carboxylic acids is 4. The Kier molecular flexibility index (Phi) is 21.7. The molecule has 1 heterocycles. The molecule has 0 spiro atoms. The minimum absolute atomic E-state index is 0.0709. The zero-order valence-corrected chi connectivity index (χ0v) is 31.6. The molecular weight excluding hydrogens is 680 g/mol. The average molecular weight is 743 g/mol. The Morgan fingerprint density at radius 3 is 2.23 bits per heavy atom. The van der Waals surface area contributed by atoms with Crippen LogP contribution in [0.4, 0.5) is 0 Å². The second-order valence-electron chi connectivity index (χ2n) is 13.9. The van der Waals surface area contributed by atoms with Gasteiger partial charge in [0.2, 0.25) is 17.7 Å². The third-order valence-electron chi connectivity index (χ3n) is 9.27. The monoisotopic (exact) mass is 742 g/mol. The van der Waals surface area contributed by atoms with E-state index in [1.807, 2.05) is 31.3 Å². The lowest BCUT2D eigenvalue weighted by atomic mass is 9.90. The van der Waals surface area contributed by atoms with Gasteiger partial charge in [-0.15, -0.1) is 0 Å². The first-order valence-corrected chi connectivity index (χ1v) is 19.2. The molecule has 2 aromatic rings. The summed E-state index contributed by atoms with van der Waals surface area (Å²) in [5, 5.41) is 30.6. The number of ketones is 1. The highest BCUT2D eigenvalue weighted by Gasteiger charge is 2.27. The Morgan fingerprint density at radius 1 is 0.792 bits per heavy atom. The molecule has 0 radical (unpaired) electrons. The maximum Gasteiger partial charge on any atom is 0.326 e. The van der Waals surface area contributed by atoms with Gasteiger partial charge in [-0.25, -0.2) is 4.79 Å². The predicted molar refractivity (Wildman–Crippen MR) is 204 cm³/mol. The predicted octanol–water partition coefficient (Wildman–Crippen LogP) is 3.88. The van der Waals surface area contributed by atoms with E-state index in [2.05, 4.69) is 33.2 Å². The van der Waals surface area contributed by atoms with Gasteiger partial charge in [0.25, 0.3) is 0 Å². The maximum absolute atomic E-state index is 13.5. The number of nitrogens with two attached hydrogens (primary N) is 1. The van der Waals surface area contributed by atoms with Crippen LogP contribution in [0.5, 0.6) is 0 Å². The molecule has 14 nitrogen and oxygen atoms in total. The van der Waals surface area contributed by atoms with Gasteiger partial charge in [-0.05, 0) is 75.7 Å². The number of fused-ring (bicyclic) bond motifs is 1. The van der Waals surface area contributed by atoms with E-state index in [0.717, 1.165) is 41.3 Å². The van der Waals surface area contributed by atoms with Crippen LogP contribution in [0.1, 0.15) is 114 Å². The zero-order chi connectivity index (χ0) is 39.0. The number of rotatable bonds is 30. The number of aromatic amines is 1. The molecule has 9 N–H and O–H groups in total. The number of carboxylic acids is 2. The number of unbranched alkanes of at least 4 members (excludes halogenated alkanes) is 6. The van der Waals surface area contributed by atoms with Gasteiger partial charge in [0.1, 0.15) is 11.8 Å². The SMILES string of the molecule is CCCCCCCCCC(=O)NCCCNCC[C@H](N)C(=O)C[C@H](Cc1c[nH]c2cc(C)ccc12)C(=O)NCC[C@H](NC(=O)CCCC(=O)O)C(=O)O. The van der Waals surface area contributed by atoms with E-state index in [0.29, 0.717) is 32.5 Å². The van der Waals surface area contributed by atoms with Crippen molar-refractivity contribution in [3.05, 3.63) is 35.5 Å². The van der Waals surface area contributed by atoms with Gasteiger partial charge in [-0.1, -0.05) is 57.6 Å². The second-order valence-corrected chi connectivity index (χ2v) is 13.9. The van der Waals surface area contributed by atoms with Crippen molar-refractivity contribution in [3.63, 3.8) is 0 Å². The number of hydrogen-bond donors (Lipinski definition) is 8. The molecule has 53 heavy (non-hydrogen) atoms. The molecule has 0 saturated heterocycles. The third kappa shape index (κ3) is 18.8. The smallest absolute Gasteiger partial charge is 0.326 e. The van der Waals surface area contributed by atoms with Crippen LogP contribution in [-0.4, -0.2) is 88.9 Å². The van der Waals surface area contributed by atoms with Gasteiger partial charge in [0.05, 0.1) is 6.04 Å². The fraction of sp³-hybridized carbons (Fsp3) is 0.641. The number of aryl methyl sites for hydroxylation is 1. The van der Waals surface area contributed by atoms with Crippen molar-refractivity contribution in [1.82, 2.24) is 26.3 Å². The minimum Gasteiger partial charge on any atom is -0.481 e. The van der Waals surface area contributed by atoms with Crippen LogP contribution in [0.3, 0.4) is 0 Å². The molecule has 0 aliphatic heterocycles. The van der Waals surface area contributed by atoms with E-state index < -0.39 is 41.8 Å². The summed E-state index contributed by atoms with van der Waals surface area (Å²) >= 11 is 0. The van der Waals surface area contributed by atoms with E-state index in [9.17, 15) is 33.9 Å². The summed E-state index contributed by atoms with van der Waals surface area (Å²) in [5.74, 6) is -4.33. The third-order valence-corrected chi connectivity index (χ3v) is 9.27. The Bertz CT molecular complexity index is 1460. The van der Waals surface area contributed by atoms with Gasteiger partial charge in [0.15, 0.2) is 0 Å². The highest BCUT2D eigenvalue weighted by Crippen LogP contribution is 2.24. The lowest BCUT2D eigenvalue weighted by Crippen LogP contribution is -2.44. The number of H-pyrrole nitrogens is 1. The molecule has 0 fully saturated rings. The molecule has 1 aromatic carbocycles. The molecule has 3 amide bonds. The Labute approximate surface area is 313 Å². The van der Waals surface area contributed by atoms with E-state index in [1.54, 1.807) is 0 Å². The van der Waals surface area contributed by atoms with E-state index in [4.69, 9.17) is 10.8 Å². The molecular formula is C39H62N6O8. The van der Waals surface area contributed by atoms with Crippen molar-refractivity contribution < 1.29 is 39.0 Å². The van der Waals surface area contributed by atoms with Crippen molar-refractivity contribution in [3.8, 4) is 0 Å². The second kappa shape index (κ2) is 25.6. The van der Waals surface area contributed by atoms with Crippen molar-refractivity contribution in [2.45, 2.75) is 129 Å². The van der Waals surface area contributed by atoms with Crippen LogP contribution in [0.15, 0.2) is 24.4 Å². The summed E-state index contributed by atoms with van der Waals surface area (Å²) in [6, 6.07) is 3.85. The fourth-order valence-electron chi connectivity index (χ4n) is 6.11. The Morgan fingerprint density at radius 2 is 1.51 bits per heavy atom. The lowest BCUT2D eigenvalue weighted by molar-refractivity contribution is -0.142. The summed E-state index contributed by atoms with van der Waals surface area (Å²) < 4.78 is 0. The first-order chi connectivity index (χ1) is 25.4. The normalized spacial score (nSPS) is 12.9. The van der Waals surface area contributed by atoms with Crippen LogP contribution < -0.4 is 27.0 Å². The van der Waals surface area contributed by atoms with E-state index in [-0.39, 0.29) is 56.8 Å². The Hall–Kier alpha value is -4.30. The van der Waals surface area contributed by atoms with Crippen molar-refractivity contribution in [1.29, 1.82) is 0 Å². The van der Waals surface area contributed by atoms with E-state index in [1.165, 1.54) is 32.1 Å². The molecule has 0 aliphatic rings. The van der Waals surface area contributed by atoms with E-state index >= 15 is 0 Å². The van der Waals surface area contributed by atoms with Crippen molar-refractivity contribution in [2.24, 2.45) is 11.7 Å². The number of aromatic nitrogens is 1. The average Bonchev–Trinajstić information content (AvgIpc) is 3.50. The molecule has 0 aliphatic carbocycles. The summed E-state index contributed by atoms with van der Waals surface area (Å²) in [7, 11) is 0. The summed E-state index contributed by atoms with van der Waals surface area (Å²) in [5.41, 5.74) is 9.10. The number of aliphatic carboxylic acids is 2. The highest BCUT2D eigenvalue weighted by atomic mass is 16.4. The zero-order valence-electron chi connectivity index (χ0n) is 31.6. The summed E-state index contributed by atoms with van der Waals surface area (Å²) in [4.78, 5) is 76.7. The van der Waals surface area contributed by atoms with Crippen molar-refractivity contribution in [2.75, 3.05) is 26.2 Å². The molecule has 0 bridgehead atoms. The number of hydrogen-bond acceptors (Lipinski definition) is 8. The molecule has 2 rings (SSSR count). The number of carboxylic acid groups (broad SMARTS) is 2. The van der Waals surface area contributed by atoms with Crippen LogP contribution >= 0.6 is 0 Å². The molecule has 14 heteroatoms. The number of amides is 3. The van der Waals surface area contributed by atoms with Gasteiger partial charge in [0, 0.05) is 61.8 Å². The molecule has 0 saturated carbocycles. The number of benzene rings is 1. The fourth-order valence-corrected chi connectivity index (χ4v) is 6.11. The number of nitrogens with one attached hydrogen (secondary N) is 5. The Balaban J connectivity index is 1.84. The molecule has 3 atom stereocenters. The van der Waals surface area contributed by atoms with Gasteiger partial charge < -0.3 is 42.2 Å². The largest absolute Gasteiger partial charge is 0.481 e. The molecule has 0 unspecified atom stereocenters.